The average Bonchev–Trinajstić information content (AvgIpc) is 2.84. The van der Waals surface area contributed by atoms with Crippen molar-refractivity contribution in [2.75, 3.05) is 11.9 Å². The number of carbonyl (C=O) groups excluding carboxylic acids is 1. The molecule has 0 saturated carbocycles. The second-order valence-corrected chi connectivity index (χ2v) is 9.32. The van der Waals surface area contributed by atoms with Gasteiger partial charge in [0.15, 0.2) is 6.61 Å². The molecule has 0 atom stereocenters. The molecule has 1 N–H and O–H groups in total. The van der Waals surface area contributed by atoms with E-state index in [0.717, 1.165) is 4.68 Å². The van der Waals surface area contributed by atoms with Gasteiger partial charge in [-0.1, -0.05) is 50.1 Å². The molecule has 0 unspecified atom stereocenters. The molecule has 1 aromatic heterocycles. The summed E-state index contributed by atoms with van der Waals surface area (Å²) < 4.78 is 7.77. The van der Waals surface area contributed by atoms with Gasteiger partial charge in [0, 0.05) is 26.3 Å². The van der Waals surface area contributed by atoms with Gasteiger partial charge >= 0.3 is 5.69 Å². The second-order valence-electron chi connectivity index (χ2n) is 7.49. The minimum atomic E-state index is -0.626. The Kier molecular flexibility index (Phi) is 7.55. The third-order valence-corrected chi connectivity index (χ3v) is 5.90. The highest BCUT2D eigenvalue weighted by Gasteiger charge is 2.22. The van der Waals surface area contributed by atoms with E-state index in [1.807, 2.05) is 0 Å². The first-order valence-electron chi connectivity index (χ1n) is 10.4. The number of nitro benzene ring substituents is 1. The number of ether oxygens (including phenoxy) is 1. The lowest BCUT2D eigenvalue weighted by Gasteiger charge is -2.11. The number of aromatic nitrogens is 2. The summed E-state index contributed by atoms with van der Waals surface area (Å²) in [5.41, 5.74) is 0.471. The number of carbonyl (C=O) groups is 1. The maximum Gasteiger partial charge on any atom is 0.312 e. The van der Waals surface area contributed by atoms with Gasteiger partial charge in [0.25, 0.3) is 11.5 Å². The molecule has 182 valence electrons. The largest absolute Gasteiger partial charge is 0.476 e. The van der Waals surface area contributed by atoms with Crippen molar-refractivity contribution in [1.29, 1.82) is 0 Å². The summed E-state index contributed by atoms with van der Waals surface area (Å²) in [4.78, 5) is 40.9. The lowest BCUT2D eigenvalue weighted by Crippen LogP contribution is -2.21. The standard InChI is InChI=1S/C24H17Br2N5O5/c1-14-28-20-8-7-16(25)10-19(20)24(33)30(14)27-12-15-9-17(26)11-21(31(34)35)23(15)36-13-22(32)29-18-5-3-2-4-6-18/h2-12H,13H2,1H3,(H,29,32). The minimum absolute atomic E-state index is 0.169. The van der Waals surface area contributed by atoms with Crippen LogP contribution in [0.3, 0.4) is 0 Å². The quantitative estimate of drug-likeness (QED) is 0.176. The monoisotopic (exact) mass is 613 g/mol. The molecule has 10 nitrogen and oxygen atoms in total. The minimum Gasteiger partial charge on any atom is -0.476 e. The molecule has 4 aromatic rings. The molecule has 36 heavy (non-hydrogen) atoms. The number of amides is 1. The molecule has 0 fully saturated rings. The predicted molar refractivity (Wildman–Crippen MR) is 143 cm³/mol. The number of benzene rings is 3. The van der Waals surface area contributed by atoms with Crippen LogP contribution in [-0.2, 0) is 4.79 Å². The molecule has 0 aliphatic heterocycles. The van der Waals surface area contributed by atoms with Crippen LogP contribution in [0.5, 0.6) is 5.75 Å². The molecule has 1 heterocycles. The molecule has 0 radical (unpaired) electrons. The van der Waals surface area contributed by atoms with Crippen LogP contribution in [0, 0.1) is 17.0 Å². The zero-order chi connectivity index (χ0) is 25.8. The Bertz CT molecular complexity index is 1570. The molecular weight excluding hydrogens is 598 g/mol. The van der Waals surface area contributed by atoms with E-state index in [2.05, 4.69) is 47.3 Å². The summed E-state index contributed by atoms with van der Waals surface area (Å²) in [6, 6.07) is 16.7. The Balaban J connectivity index is 1.69. The number of nitro groups is 1. The maximum absolute atomic E-state index is 13.0. The Morgan fingerprint density at radius 3 is 2.64 bits per heavy atom. The first-order chi connectivity index (χ1) is 17.2. The highest BCUT2D eigenvalue weighted by Crippen LogP contribution is 2.34. The van der Waals surface area contributed by atoms with Crippen LogP contribution < -0.4 is 15.6 Å². The van der Waals surface area contributed by atoms with Crippen LogP contribution >= 0.6 is 31.9 Å². The van der Waals surface area contributed by atoms with Crippen molar-refractivity contribution in [1.82, 2.24) is 9.66 Å². The third kappa shape index (κ3) is 5.66. The third-order valence-electron chi connectivity index (χ3n) is 4.95. The average molecular weight is 615 g/mol. The molecule has 4 rings (SSSR count). The number of nitrogens with zero attached hydrogens (tertiary/aromatic N) is 4. The Hall–Kier alpha value is -3.90. The molecule has 1 amide bonds. The van der Waals surface area contributed by atoms with Crippen molar-refractivity contribution in [2.45, 2.75) is 6.92 Å². The number of hydrogen-bond donors (Lipinski definition) is 1. The van der Waals surface area contributed by atoms with Gasteiger partial charge < -0.3 is 10.1 Å². The second kappa shape index (κ2) is 10.8. The van der Waals surface area contributed by atoms with Gasteiger partial charge in [-0.05, 0) is 43.3 Å². The van der Waals surface area contributed by atoms with Crippen molar-refractivity contribution in [3.8, 4) is 5.75 Å². The van der Waals surface area contributed by atoms with Gasteiger partial charge in [-0.25, -0.2) is 4.98 Å². The van der Waals surface area contributed by atoms with Gasteiger partial charge in [-0.3, -0.25) is 19.7 Å². The Labute approximate surface area is 221 Å². The fraction of sp³-hybridized carbons (Fsp3) is 0.0833. The van der Waals surface area contributed by atoms with Crippen LogP contribution in [0.2, 0.25) is 0 Å². The van der Waals surface area contributed by atoms with Crippen LogP contribution in [0.4, 0.5) is 11.4 Å². The normalized spacial score (nSPS) is 11.1. The van der Waals surface area contributed by atoms with E-state index < -0.39 is 23.0 Å². The first-order valence-corrected chi connectivity index (χ1v) is 12.0. The number of fused-ring (bicyclic) bond motifs is 1. The summed E-state index contributed by atoms with van der Waals surface area (Å²) >= 11 is 6.59. The topological polar surface area (TPSA) is 129 Å². The number of anilines is 1. The van der Waals surface area contributed by atoms with Crippen molar-refractivity contribution < 1.29 is 14.5 Å². The molecule has 0 aliphatic rings. The summed E-state index contributed by atoms with van der Waals surface area (Å²) in [5, 5.41) is 18.9. The number of aryl methyl sites for hydroxylation is 1. The number of para-hydroxylation sites is 1. The van der Waals surface area contributed by atoms with Gasteiger partial charge in [0.1, 0.15) is 5.82 Å². The molecule has 3 aromatic carbocycles. The van der Waals surface area contributed by atoms with Gasteiger partial charge in [0.2, 0.25) is 5.75 Å². The van der Waals surface area contributed by atoms with Gasteiger partial charge in [-0.2, -0.15) is 9.78 Å². The Morgan fingerprint density at radius 2 is 1.92 bits per heavy atom. The maximum atomic E-state index is 13.0. The molecule has 12 heteroatoms. The van der Waals surface area contributed by atoms with E-state index >= 15 is 0 Å². The van der Waals surface area contributed by atoms with Crippen molar-refractivity contribution in [3.05, 3.63) is 101 Å². The predicted octanol–water partition coefficient (Wildman–Crippen LogP) is 5.04. The molecule has 0 bridgehead atoms. The van der Waals surface area contributed by atoms with E-state index in [9.17, 15) is 19.7 Å². The van der Waals surface area contributed by atoms with E-state index in [1.54, 1.807) is 55.5 Å². The molecule has 0 spiro atoms. The molecule has 0 saturated heterocycles. The summed E-state index contributed by atoms with van der Waals surface area (Å²) in [7, 11) is 0. The highest BCUT2D eigenvalue weighted by molar-refractivity contribution is 9.10. The molecular formula is C24H17Br2N5O5. The van der Waals surface area contributed by atoms with Crippen LogP contribution in [0.25, 0.3) is 10.9 Å². The zero-order valence-electron chi connectivity index (χ0n) is 18.6. The summed E-state index contributed by atoms with van der Waals surface area (Å²) in [6.45, 7) is 1.14. The van der Waals surface area contributed by atoms with E-state index in [1.165, 1.54) is 18.3 Å². The van der Waals surface area contributed by atoms with Crippen molar-refractivity contribution in [3.63, 3.8) is 0 Å². The van der Waals surface area contributed by atoms with Crippen molar-refractivity contribution in [2.24, 2.45) is 5.10 Å². The smallest absolute Gasteiger partial charge is 0.312 e. The van der Waals surface area contributed by atoms with E-state index in [0.29, 0.717) is 31.4 Å². The number of nitrogens with one attached hydrogen (secondary N) is 1. The fourth-order valence-electron chi connectivity index (χ4n) is 3.36. The Morgan fingerprint density at radius 1 is 1.17 bits per heavy atom. The lowest BCUT2D eigenvalue weighted by molar-refractivity contribution is -0.385. The van der Waals surface area contributed by atoms with E-state index in [-0.39, 0.29) is 17.0 Å². The van der Waals surface area contributed by atoms with Crippen LogP contribution in [-0.4, -0.2) is 33.3 Å². The number of hydrogen-bond acceptors (Lipinski definition) is 7. The van der Waals surface area contributed by atoms with Gasteiger partial charge in [0.05, 0.1) is 22.0 Å². The first kappa shape index (κ1) is 25.2. The lowest BCUT2D eigenvalue weighted by atomic mass is 10.2. The molecule has 0 aliphatic carbocycles. The van der Waals surface area contributed by atoms with Gasteiger partial charge in [-0.15, -0.1) is 0 Å². The van der Waals surface area contributed by atoms with Crippen LogP contribution in [0.1, 0.15) is 11.4 Å². The highest BCUT2D eigenvalue weighted by atomic mass is 79.9. The summed E-state index contributed by atoms with van der Waals surface area (Å²) in [5.74, 6) is -0.352. The number of rotatable bonds is 7. The van der Waals surface area contributed by atoms with Crippen molar-refractivity contribution >= 4 is 66.3 Å². The summed E-state index contributed by atoms with van der Waals surface area (Å²) in [6.07, 6.45) is 1.25. The zero-order valence-corrected chi connectivity index (χ0v) is 21.8. The van der Waals surface area contributed by atoms with E-state index in [4.69, 9.17) is 4.74 Å². The number of halogens is 2. The van der Waals surface area contributed by atoms with Crippen LogP contribution in [0.15, 0.2) is 79.5 Å². The fourth-order valence-corrected chi connectivity index (χ4v) is 4.19. The SMILES string of the molecule is Cc1nc2ccc(Br)cc2c(=O)n1N=Cc1cc(Br)cc([N+](=O)[O-])c1OCC(=O)Nc1ccccc1.